The smallest absolute Gasteiger partial charge is 0.358 e. The van der Waals surface area contributed by atoms with E-state index in [1.165, 1.54) is 0 Å². The predicted molar refractivity (Wildman–Crippen MR) is 96.6 cm³/mol. The van der Waals surface area contributed by atoms with Crippen LogP contribution in [-0.4, -0.2) is 46.0 Å². The molecule has 4 rings (SSSR count). The Morgan fingerprint density at radius 2 is 2.07 bits per heavy atom. The van der Waals surface area contributed by atoms with Crippen molar-refractivity contribution in [3.8, 4) is 0 Å². The number of nitrogens with one attached hydrogen (secondary N) is 2. The minimum Gasteiger partial charge on any atom is -0.358 e. The molecule has 0 unspecified atom stereocenters. The summed E-state index contributed by atoms with van der Waals surface area (Å²) in [5.74, 6) is -0.996. The first-order valence-electron chi connectivity index (χ1n) is 10.3. The largest absolute Gasteiger partial charge is 0.408 e. The van der Waals surface area contributed by atoms with E-state index in [1.54, 1.807) is 0 Å². The minimum atomic E-state index is -4.75. The predicted octanol–water partition coefficient (Wildman–Crippen LogP) is 2.87. The number of amidine groups is 1. The Hall–Kier alpha value is -1.88. The molecule has 1 aromatic carbocycles. The molecule has 1 saturated carbocycles. The molecule has 0 spiro atoms. The van der Waals surface area contributed by atoms with E-state index in [-0.39, 0.29) is 36.1 Å². The highest BCUT2D eigenvalue weighted by Crippen LogP contribution is 2.44. The summed E-state index contributed by atoms with van der Waals surface area (Å²) in [5, 5.41) is 5.04. The summed E-state index contributed by atoms with van der Waals surface area (Å²) in [6.45, 7) is -2.85. The molecule has 1 aromatic rings. The van der Waals surface area contributed by atoms with Gasteiger partial charge in [0.05, 0.1) is 11.4 Å². The Kier molecular flexibility index (Phi) is 3.76. The van der Waals surface area contributed by atoms with Crippen LogP contribution in [0.15, 0.2) is 21.4 Å². The molecule has 2 aliphatic heterocycles. The molecular weight excluding hydrogens is 400 g/mol. The van der Waals surface area contributed by atoms with Crippen molar-refractivity contribution in [2.24, 2.45) is 10.3 Å². The van der Waals surface area contributed by atoms with Crippen LogP contribution in [0.25, 0.3) is 0 Å². The number of fused-ring (bicyclic) bond motifs is 1. The maximum Gasteiger partial charge on any atom is 0.408 e. The van der Waals surface area contributed by atoms with E-state index >= 15 is 0 Å². The molecule has 0 aromatic heterocycles. The first-order valence-corrected chi connectivity index (χ1v) is 10.2. The number of piperidine rings is 1. The lowest BCUT2D eigenvalue weighted by Gasteiger charge is -2.42. The average molecular weight is 423 g/mol. The number of benzene rings is 1. The quantitative estimate of drug-likeness (QED) is 0.732. The lowest BCUT2D eigenvalue weighted by molar-refractivity contribution is -0.154. The Balaban J connectivity index is 1.75. The van der Waals surface area contributed by atoms with Crippen molar-refractivity contribution in [1.82, 2.24) is 5.32 Å². The third kappa shape index (κ3) is 3.45. The molecule has 28 heavy (non-hydrogen) atoms. The van der Waals surface area contributed by atoms with Gasteiger partial charge >= 0.3 is 6.18 Å². The monoisotopic (exact) mass is 423 g/mol. The zero-order valence-electron chi connectivity index (χ0n) is 17.6. The van der Waals surface area contributed by atoms with Gasteiger partial charge in [-0.1, -0.05) is 0 Å². The first kappa shape index (κ1) is 16.0. The average Bonchev–Trinajstić information content (AvgIpc) is 3.44. The Labute approximate surface area is 164 Å². The van der Waals surface area contributed by atoms with E-state index in [0.29, 0.717) is 12.8 Å². The Morgan fingerprint density at radius 3 is 2.71 bits per heavy atom. The standard InChI is InChI=1S/C17H20F4N4O2S/c1-22-11-4-5-25(14(8-11)17(19,20)21)12-6-10(18)7-13-15(12)23-16(9-2-3-9)24-28(13,26)27/h6-7,9,11,14,22H,2-5,8H2,1H3,(H,23,24)/t11-,14+/m1/s1/i1D3. The van der Waals surface area contributed by atoms with Gasteiger partial charge in [-0.25, -0.2) is 4.39 Å². The second-order valence-corrected chi connectivity index (χ2v) is 8.84. The summed E-state index contributed by atoms with van der Waals surface area (Å²) in [5.41, 5.74) is -0.365. The van der Waals surface area contributed by atoms with Crippen LogP contribution in [0.5, 0.6) is 0 Å². The zero-order chi connectivity index (χ0) is 22.8. The normalized spacial score (nSPS) is 29.1. The number of rotatable bonds is 3. The third-order valence-electron chi connectivity index (χ3n) is 5.25. The first-order chi connectivity index (χ1) is 14.2. The summed E-state index contributed by atoms with van der Waals surface area (Å²) >= 11 is 0. The van der Waals surface area contributed by atoms with Crippen LogP contribution < -0.4 is 15.5 Å². The molecule has 6 nitrogen and oxygen atoms in total. The van der Waals surface area contributed by atoms with E-state index in [9.17, 15) is 26.0 Å². The van der Waals surface area contributed by atoms with E-state index in [4.69, 9.17) is 4.11 Å². The second kappa shape index (κ2) is 6.58. The van der Waals surface area contributed by atoms with Crippen molar-refractivity contribution in [2.75, 3.05) is 23.7 Å². The van der Waals surface area contributed by atoms with Gasteiger partial charge in [-0.15, -0.1) is 4.40 Å². The fourth-order valence-corrected chi connectivity index (χ4v) is 4.91. The van der Waals surface area contributed by atoms with Gasteiger partial charge in [-0.2, -0.15) is 21.6 Å². The summed E-state index contributed by atoms with van der Waals surface area (Å²) in [6, 6.07) is -1.45. The fourth-order valence-electron chi connectivity index (χ4n) is 3.68. The lowest BCUT2D eigenvalue weighted by atomic mass is 9.95. The second-order valence-electron chi connectivity index (χ2n) is 7.27. The van der Waals surface area contributed by atoms with Crippen molar-refractivity contribution < 1.29 is 30.1 Å². The topological polar surface area (TPSA) is 73.8 Å². The van der Waals surface area contributed by atoms with Crippen LogP contribution in [0.4, 0.5) is 28.9 Å². The van der Waals surface area contributed by atoms with Crippen molar-refractivity contribution >= 4 is 27.2 Å². The van der Waals surface area contributed by atoms with Gasteiger partial charge in [0, 0.05) is 22.6 Å². The maximum absolute atomic E-state index is 14.3. The van der Waals surface area contributed by atoms with Crippen LogP contribution in [0.2, 0.25) is 0 Å². The van der Waals surface area contributed by atoms with Crippen LogP contribution in [0, 0.1) is 11.7 Å². The molecule has 0 radical (unpaired) electrons. The van der Waals surface area contributed by atoms with E-state index in [0.717, 1.165) is 17.0 Å². The Bertz CT molecular complexity index is 1030. The highest BCUT2D eigenvalue weighted by Gasteiger charge is 2.48. The highest BCUT2D eigenvalue weighted by atomic mass is 32.2. The van der Waals surface area contributed by atoms with Gasteiger partial charge < -0.3 is 15.5 Å². The number of halogens is 4. The molecule has 2 N–H and O–H groups in total. The molecule has 2 atom stereocenters. The van der Waals surface area contributed by atoms with E-state index < -0.39 is 52.4 Å². The summed E-state index contributed by atoms with van der Waals surface area (Å²) < 4.78 is 107. The molecule has 0 bridgehead atoms. The molecule has 1 saturated heterocycles. The van der Waals surface area contributed by atoms with Gasteiger partial charge in [-0.3, -0.25) is 0 Å². The SMILES string of the molecule is [2H]C([2H])([2H])N[C@@H]1CCN(c2cc(F)cc3c2NC(C2CC2)=NS3(=O)=O)[C@H](C(F)(F)F)C1. The van der Waals surface area contributed by atoms with Gasteiger partial charge in [0.25, 0.3) is 10.0 Å². The highest BCUT2D eigenvalue weighted by molar-refractivity contribution is 7.90. The molecule has 3 aliphatic rings. The summed E-state index contributed by atoms with van der Waals surface area (Å²) in [7, 11) is -4.28. The molecule has 11 heteroatoms. The lowest BCUT2D eigenvalue weighted by Crippen LogP contribution is -2.54. The summed E-state index contributed by atoms with van der Waals surface area (Å²) in [4.78, 5) is 0.383. The number of alkyl halides is 3. The van der Waals surface area contributed by atoms with Gasteiger partial charge in [0.15, 0.2) is 0 Å². The van der Waals surface area contributed by atoms with Crippen LogP contribution in [0.3, 0.4) is 0 Å². The van der Waals surface area contributed by atoms with Crippen LogP contribution in [0.1, 0.15) is 29.8 Å². The van der Waals surface area contributed by atoms with Crippen LogP contribution in [-0.2, 0) is 10.0 Å². The molecule has 2 heterocycles. The number of hydrogen-bond acceptors (Lipinski definition) is 5. The molecule has 154 valence electrons. The van der Waals surface area contributed by atoms with Crippen molar-refractivity contribution in [3.05, 3.63) is 17.9 Å². The molecule has 1 aliphatic carbocycles. The third-order valence-corrected chi connectivity index (χ3v) is 6.57. The van der Waals surface area contributed by atoms with Gasteiger partial charge in [-0.05, 0) is 44.8 Å². The van der Waals surface area contributed by atoms with Crippen molar-refractivity contribution in [2.45, 2.75) is 48.8 Å². The Morgan fingerprint density at radius 1 is 1.32 bits per heavy atom. The van der Waals surface area contributed by atoms with Crippen molar-refractivity contribution in [3.63, 3.8) is 0 Å². The fraction of sp³-hybridized carbons (Fsp3) is 0.588. The minimum absolute atomic E-state index is 0.0482. The number of nitrogens with zero attached hydrogens (tertiary/aromatic N) is 2. The molecule has 0 amide bonds. The van der Waals surface area contributed by atoms with E-state index in [1.807, 2.05) is 0 Å². The maximum atomic E-state index is 14.3. The summed E-state index contributed by atoms with van der Waals surface area (Å²) in [6.07, 6.45) is -3.89. The van der Waals surface area contributed by atoms with Crippen LogP contribution >= 0.6 is 0 Å². The number of sulfonamides is 1. The van der Waals surface area contributed by atoms with Crippen molar-refractivity contribution in [1.29, 1.82) is 0 Å². The number of hydrogen-bond donors (Lipinski definition) is 2. The number of anilines is 2. The zero-order valence-corrected chi connectivity index (χ0v) is 15.4. The van der Waals surface area contributed by atoms with Gasteiger partial charge in [0.1, 0.15) is 22.6 Å². The molecule has 2 fully saturated rings. The van der Waals surface area contributed by atoms with Gasteiger partial charge in [0.2, 0.25) is 0 Å². The van der Waals surface area contributed by atoms with E-state index in [2.05, 4.69) is 15.0 Å². The molecular formula is C17H20F4N4O2S.